The lowest BCUT2D eigenvalue weighted by Gasteiger charge is -2.27. The highest BCUT2D eigenvalue weighted by Crippen LogP contribution is 2.27. The first kappa shape index (κ1) is 12.3. The van der Waals surface area contributed by atoms with Crippen LogP contribution >= 0.6 is 0 Å². The summed E-state index contributed by atoms with van der Waals surface area (Å²) in [6, 6.07) is 2.07. The summed E-state index contributed by atoms with van der Waals surface area (Å²) in [6.07, 6.45) is 5.90. The quantitative estimate of drug-likeness (QED) is 0.836. The van der Waals surface area contributed by atoms with Crippen LogP contribution < -0.4 is 5.32 Å². The van der Waals surface area contributed by atoms with E-state index in [0.29, 0.717) is 17.8 Å². The minimum Gasteiger partial charge on any atom is -0.481 e. The fourth-order valence-corrected chi connectivity index (χ4v) is 2.26. The molecule has 18 heavy (non-hydrogen) atoms. The maximum Gasteiger partial charge on any atom is 0.306 e. The predicted octanol–water partition coefficient (Wildman–Crippen LogP) is 1.40. The number of hydrogen-bond donors (Lipinski definition) is 2. The van der Waals surface area contributed by atoms with Crippen molar-refractivity contribution in [1.82, 2.24) is 9.97 Å². The van der Waals surface area contributed by atoms with Gasteiger partial charge in [-0.2, -0.15) is 5.26 Å². The van der Waals surface area contributed by atoms with Gasteiger partial charge in [0.25, 0.3) is 0 Å². The first-order valence-corrected chi connectivity index (χ1v) is 5.90. The van der Waals surface area contributed by atoms with Crippen LogP contribution in [0.4, 0.5) is 5.82 Å². The van der Waals surface area contributed by atoms with Crippen molar-refractivity contribution in [1.29, 1.82) is 5.26 Å². The number of rotatable bonds is 3. The maximum atomic E-state index is 11.0. The molecule has 94 valence electrons. The lowest BCUT2D eigenvalue weighted by molar-refractivity contribution is -0.142. The van der Waals surface area contributed by atoms with Crippen molar-refractivity contribution in [3.8, 4) is 6.07 Å². The van der Waals surface area contributed by atoms with Gasteiger partial charge in [0, 0.05) is 6.04 Å². The van der Waals surface area contributed by atoms with E-state index in [1.807, 2.05) is 6.07 Å². The third kappa shape index (κ3) is 2.74. The van der Waals surface area contributed by atoms with Gasteiger partial charge >= 0.3 is 5.97 Å². The fourth-order valence-electron chi connectivity index (χ4n) is 2.26. The number of carbonyl (C=O) groups is 1. The van der Waals surface area contributed by atoms with Crippen LogP contribution in [0, 0.1) is 17.2 Å². The van der Waals surface area contributed by atoms with Crippen molar-refractivity contribution in [2.24, 2.45) is 5.92 Å². The van der Waals surface area contributed by atoms with Gasteiger partial charge in [0.15, 0.2) is 0 Å². The number of aliphatic carboxylic acids is 1. The molecule has 0 saturated heterocycles. The van der Waals surface area contributed by atoms with Gasteiger partial charge < -0.3 is 10.4 Å². The molecular weight excluding hydrogens is 232 g/mol. The highest BCUT2D eigenvalue weighted by Gasteiger charge is 2.27. The summed E-state index contributed by atoms with van der Waals surface area (Å²) in [6.45, 7) is 0. The summed E-state index contributed by atoms with van der Waals surface area (Å²) in [4.78, 5) is 18.8. The van der Waals surface area contributed by atoms with Crippen LogP contribution in [0.2, 0.25) is 0 Å². The Balaban J connectivity index is 2.05. The van der Waals surface area contributed by atoms with Gasteiger partial charge in [-0.1, -0.05) is 6.42 Å². The molecule has 0 bridgehead atoms. The van der Waals surface area contributed by atoms with E-state index in [9.17, 15) is 4.79 Å². The first-order valence-electron chi connectivity index (χ1n) is 5.90. The van der Waals surface area contributed by atoms with Crippen LogP contribution in [-0.4, -0.2) is 27.1 Å². The van der Waals surface area contributed by atoms with Crippen LogP contribution in [0.5, 0.6) is 0 Å². The van der Waals surface area contributed by atoms with E-state index in [4.69, 9.17) is 10.4 Å². The Bertz CT molecular complexity index is 483. The Morgan fingerprint density at radius 2 is 2.39 bits per heavy atom. The van der Waals surface area contributed by atoms with Gasteiger partial charge in [-0.3, -0.25) is 4.79 Å². The van der Waals surface area contributed by atoms with Gasteiger partial charge in [-0.05, 0) is 19.3 Å². The SMILES string of the molecule is N#Cc1cncnc1NC1CCCC(C(=O)O)C1. The molecular formula is C12H14N4O2. The summed E-state index contributed by atoms with van der Waals surface area (Å²) in [7, 11) is 0. The lowest BCUT2D eigenvalue weighted by atomic mass is 9.86. The lowest BCUT2D eigenvalue weighted by Crippen LogP contribution is -2.31. The maximum absolute atomic E-state index is 11.0. The second-order valence-corrected chi connectivity index (χ2v) is 4.44. The molecule has 0 amide bonds. The van der Waals surface area contributed by atoms with Crippen molar-refractivity contribution < 1.29 is 9.90 Å². The zero-order chi connectivity index (χ0) is 13.0. The molecule has 0 spiro atoms. The largest absolute Gasteiger partial charge is 0.481 e. The second-order valence-electron chi connectivity index (χ2n) is 4.44. The van der Waals surface area contributed by atoms with Crippen molar-refractivity contribution in [2.75, 3.05) is 5.32 Å². The number of nitrogens with zero attached hydrogens (tertiary/aromatic N) is 3. The summed E-state index contributed by atoms with van der Waals surface area (Å²) in [5.41, 5.74) is 0.384. The zero-order valence-electron chi connectivity index (χ0n) is 9.83. The average Bonchev–Trinajstić information content (AvgIpc) is 2.39. The molecule has 0 aromatic carbocycles. The molecule has 1 aromatic rings. The van der Waals surface area contributed by atoms with E-state index in [1.54, 1.807) is 0 Å². The summed E-state index contributed by atoms with van der Waals surface area (Å²) in [5, 5.41) is 21.1. The summed E-state index contributed by atoms with van der Waals surface area (Å²) < 4.78 is 0. The molecule has 6 heteroatoms. The Kier molecular flexibility index (Phi) is 3.72. The molecule has 0 aliphatic heterocycles. The topological polar surface area (TPSA) is 98.9 Å². The number of carboxylic acid groups (broad SMARTS) is 1. The normalized spacial score (nSPS) is 23.1. The highest BCUT2D eigenvalue weighted by atomic mass is 16.4. The molecule has 2 N–H and O–H groups in total. The van der Waals surface area contributed by atoms with Gasteiger partial charge in [0.2, 0.25) is 0 Å². The average molecular weight is 246 g/mol. The zero-order valence-corrected chi connectivity index (χ0v) is 9.83. The van der Waals surface area contributed by atoms with Crippen LogP contribution in [-0.2, 0) is 4.79 Å². The van der Waals surface area contributed by atoms with Crippen LogP contribution in [0.1, 0.15) is 31.2 Å². The number of nitrogens with one attached hydrogen (secondary N) is 1. The minimum absolute atomic E-state index is 0.0573. The van der Waals surface area contributed by atoms with Crippen molar-refractivity contribution in [3.05, 3.63) is 18.1 Å². The van der Waals surface area contributed by atoms with Gasteiger partial charge in [0.1, 0.15) is 23.8 Å². The monoisotopic (exact) mass is 246 g/mol. The number of carboxylic acids is 1. The molecule has 1 aromatic heterocycles. The second kappa shape index (κ2) is 5.45. The van der Waals surface area contributed by atoms with Crippen LogP contribution in [0.15, 0.2) is 12.5 Å². The van der Waals surface area contributed by atoms with E-state index in [-0.39, 0.29) is 12.0 Å². The van der Waals surface area contributed by atoms with Crippen molar-refractivity contribution in [3.63, 3.8) is 0 Å². The smallest absolute Gasteiger partial charge is 0.306 e. The molecule has 6 nitrogen and oxygen atoms in total. The predicted molar refractivity (Wildman–Crippen MR) is 63.8 cm³/mol. The molecule has 1 aliphatic rings. The molecule has 2 unspecified atom stereocenters. The number of nitriles is 1. The van der Waals surface area contributed by atoms with E-state index in [1.165, 1.54) is 12.5 Å². The number of aromatic nitrogens is 2. The Morgan fingerprint density at radius 1 is 1.56 bits per heavy atom. The van der Waals surface area contributed by atoms with Crippen molar-refractivity contribution >= 4 is 11.8 Å². The first-order chi connectivity index (χ1) is 8.70. The third-order valence-electron chi connectivity index (χ3n) is 3.20. The van der Waals surface area contributed by atoms with E-state index < -0.39 is 5.97 Å². The fraction of sp³-hybridized carbons (Fsp3) is 0.500. The Labute approximate surface area is 105 Å². The van der Waals surface area contributed by atoms with Crippen molar-refractivity contribution in [2.45, 2.75) is 31.7 Å². The summed E-state index contributed by atoms with van der Waals surface area (Å²) >= 11 is 0. The molecule has 1 aliphatic carbocycles. The van der Waals surface area contributed by atoms with Crippen LogP contribution in [0.3, 0.4) is 0 Å². The van der Waals surface area contributed by atoms with Crippen LogP contribution in [0.25, 0.3) is 0 Å². The Hall–Kier alpha value is -2.16. The third-order valence-corrected chi connectivity index (χ3v) is 3.20. The molecule has 1 saturated carbocycles. The molecule has 2 atom stereocenters. The van der Waals surface area contributed by atoms with Gasteiger partial charge in [-0.15, -0.1) is 0 Å². The molecule has 1 heterocycles. The highest BCUT2D eigenvalue weighted by molar-refractivity contribution is 5.70. The van der Waals surface area contributed by atoms with E-state index in [0.717, 1.165) is 19.3 Å². The van der Waals surface area contributed by atoms with Gasteiger partial charge in [-0.25, -0.2) is 9.97 Å². The van der Waals surface area contributed by atoms with E-state index in [2.05, 4.69) is 15.3 Å². The van der Waals surface area contributed by atoms with E-state index >= 15 is 0 Å². The standard InChI is InChI=1S/C12H14N4O2/c13-5-9-6-14-7-15-11(9)16-10-3-1-2-8(4-10)12(17)18/h6-8,10H,1-4H2,(H,17,18)(H,14,15,16). The number of anilines is 1. The molecule has 1 fully saturated rings. The summed E-state index contributed by atoms with van der Waals surface area (Å²) in [5.74, 6) is -0.558. The Morgan fingerprint density at radius 3 is 3.11 bits per heavy atom. The molecule has 2 rings (SSSR count). The molecule has 0 radical (unpaired) electrons. The van der Waals surface area contributed by atoms with Gasteiger partial charge in [0.05, 0.1) is 12.1 Å². The minimum atomic E-state index is -0.746. The number of hydrogen-bond acceptors (Lipinski definition) is 5.